The van der Waals surface area contributed by atoms with Gasteiger partial charge in [0.25, 0.3) is 5.56 Å². The Bertz CT molecular complexity index is 931. The molecule has 124 valence electrons. The van der Waals surface area contributed by atoms with E-state index in [1.807, 2.05) is 6.07 Å². The molecule has 2 heterocycles. The molecule has 0 radical (unpaired) electrons. The van der Waals surface area contributed by atoms with Gasteiger partial charge in [0.2, 0.25) is 11.0 Å². The number of hydrogen-bond donors (Lipinski definition) is 1. The summed E-state index contributed by atoms with van der Waals surface area (Å²) in [5, 5.41) is 12.1. The number of anilines is 1. The van der Waals surface area contributed by atoms with Crippen LogP contribution in [0.5, 0.6) is 0 Å². The Morgan fingerprint density at radius 3 is 2.88 bits per heavy atom. The van der Waals surface area contributed by atoms with Crippen molar-refractivity contribution in [2.45, 2.75) is 26.8 Å². The monoisotopic (exact) mass is 343 g/mol. The topological polar surface area (TPSA) is 89.8 Å². The van der Waals surface area contributed by atoms with E-state index < -0.39 is 0 Å². The number of hydrogen-bond acceptors (Lipinski definition) is 6. The van der Waals surface area contributed by atoms with Crippen molar-refractivity contribution in [2.75, 3.05) is 5.32 Å². The molecule has 2 aromatic heterocycles. The van der Waals surface area contributed by atoms with E-state index in [1.165, 1.54) is 22.1 Å². The number of para-hydroxylation sites is 2. The zero-order chi connectivity index (χ0) is 17.1. The molecule has 0 unspecified atom stereocenters. The summed E-state index contributed by atoms with van der Waals surface area (Å²) in [6.45, 7) is 4.10. The largest absolute Gasteiger partial charge is 0.299 e. The lowest BCUT2D eigenvalue weighted by atomic mass is 10.1. The van der Waals surface area contributed by atoms with E-state index in [4.69, 9.17) is 0 Å². The van der Waals surface area contributed by atoms with Crippen molar-refractivity contribution in [3.63, 3.8) is 0 Å². The third kappa shape index (κ3) is 3.65. The minimum Gasteiger partial charge on any atom is -0.299 e. The molecule has 0 aliphatic heterocycles. The Hall–Kier alpha value is -2.61. The predicted molar refractivity (Wildman–Crippen MR) is 93.1 cm³/mol. The normalized spacial score (nSPS) is 11.1. The van der Waals surface area contributed by atoms with E-state index in [9.17, 15) is 9.59 Å². The van der Waals surface area contributed by atoms with Crippen LogP contribution in [0.15, 0.2) is 35.3 Å². The van der Waals surface area contributed by atoms with Crippen LogP contribution in [0.3, 0.4) is 0 Å². The van der Waals surface area contributed by atoms with Crippen LogP contribution in [0.2, 0.25) is 0 Å². The highest BCUT2D eigenvalue weighted by Crippen LogP contribution is 2.18. The summed E-state index contributed by atoms with van der Waals surface area (Å²) < 4.78 is 1.40. The minimum atomic E-state index is -0.319. The number of aromatic nitrogens is 4. The van der Waals surface area contributed by atoms with Crippen molar-refractivity contribution in [3.8, 4) is 0 Å². The lowest BCUT2D eigenvalue weighted by Crippen LogP contribution is -2.27. The zero-order valence-electron chi connectivity index (χ0n) is 13.4. The van der Waals surface area contributed by atoms with Gasteiger partial charge in [-0.2, -0.15) is 0 Å². The second-order valence-corrected chi connectivity index (χ2v) is 6.88. The summed E-state index contributed by atoms with van der Waals surface area (Å²) in [6.07, 6.45) is 2.04. The molecule has 1 N–H and O–H groups in total. The average Bonchev–Trinajstić information content (AvgIpc) is 2.96. The number of carbonyl (C=O) groups is 1. The third-order valence-corrected chi connectivity index (χ3v) is 4.21. The van der Waals surface area contributed by atoms with Crippen LogP contribution < -0.4 is 10.9 Å². The van der Waals surface area contributed by atoms with Crippen LogP contribution in [0.25, 0.3) is 11.0 Å². The second kappa shape index (κ2) is 6.88. The van der Waals surface area contributed by atoms with Gasteiger partial charge in [0.15, 0.2) is 0 Å². The SMILES string of the molecule is CC(C)Cc1nnc(NC(=O)Cn2c(=O)cnc3ccccc32)s1. The first-order chi connectivity index (χ1) is 11.5. The molecule has 1 amide bonds. The molecule has 8 heteroatoms. The Labute approximate surface area is 142 Å². The van der Waals surface area contributed by atoms with Gasteiger partial charge >= 0.3 is 0 Å². The number of amides is 1. The molecule has 0 bridgehead atoms. The van der Waals surface area contributed by atoms with Crippen molar-refractivity contribution in [1.29, 1.82) is 0 Å². The van der Waals surface area contributed by atoms with E-state index in [1.54, 1.807) is 18.2 Å². The molecule has 0 saturated carbocycles. The summed E-state index contributed by atoms with van der Waals surface area (Å²) in [5.41, 5.74) is 0.972. The van der Waals surface area contributed by atoms with Gasteiger partial charge in [0, 0.05) is 6.42 Å². The second-order valence-electron chi connectivity index (χ2n) is 5.82. The number of benzene rings is 1. The van der Waals surface area contributed by atoms with Crippen LogP contribution in [0.4, 0.5) is 5.13 Å². The van der Waals surface area contributed by atoms with E-state index in [2.05, 4.69) is 34.3 Å². The number of nitrogens with zero attached hydrogens (tertiary/aromatic N) is 4. The highest BCUT2D eigenvalue weighted by atomic mass is 32.1. The summed E-state index contributed by atoms with van der Waals surface area (Å²) in [6, 6.07) is 7.21. The van der Waals surface area contributed by atoms with Crippen LogP contribution in [-0.4, -0.2) is 25.7 Å². The van der Waals surface area contributed by atoms with Gasteiger partial charge in [0.05, 0.1) is 17.2 Å². The predicted octanol–water partition coefficient (Wildman–Crippen LogP) is 2.09. The van der Waals surface area contributed by atoms with Crippen molar-refractivity contribution in [2.24, 2.45) is 5.92 Å². The smallest absolute Gasteiger partial charge is 0.269 e. The highest BCUT2D eigenvalue weighted by Gasteiger charge is 2.12. The summed E-state index contributed by atoms with van der Waals surface area (Å²) in [5.74, 6) is 0.156. The molecular weight excluding hydrogens is 326 g/mol. The van der Waals surface area contributed by atoms with Crippen LogP contribution in [0, 0.1) is 5.92 Å². The third-order valence-electron chi connectivity index (χ3n) is 3.35. The average molecular weight is 343 g/mol. The Kier molecular flexibility index (Phi) is 4.66. The molecule has 0 saturated heterocycles. The maximum atomic E-state index is 12.3. The molecule has 0 atom stereocenters. The number of rotatable bonds is 5. The first kappa shape index (κ1) is 16.3. The molecule has 0 spiro atoms. The molecule has 0 aliphatic rings. The molecule has 3 rings (SSSR count). The van der Waals surface area contributed by atoms with E-state index in [0.717, 1.165) is 11.4 Å². The van der Waals surface area contributed by atoms with E-state index in [0.29, 0.717) is 22.1 Å². The van der Waals surface area contributed by atoms with Crippen LogP contribution >= 0.6 is 11.3 Å². The van der Waals surface area contributed by atoms with Crippen molar-refractivity contribution >= 4 is 33.4 Å². The fraction of sp³-hybridized carbons (Fsp3) is 0.312. The first-order valence-electron chi connectivity index (χ1n) is 7.60. The molecule has 3 aromatic rings. The number of carbonyl (C=O) groups excluding carboxylic acids is 1. The first-order valence-corrected chi connectivity index (χ1v) is 8.41. The van der Waals surface area contributed by atoms with Gasteiger partial charge in [-0.05, 0) is 18.1 Å². The fourth-order valence-corrected chi connectivity index (χ4v) is 3.28. The molecule has 0 aliphatic carbocycles. The maximum Gasteiger partial charge on any atom is 0.269 e. The van der Waals surface area contributed by atoms with Gasteiger partial charge in [-0.15, -0.1) is 10.2 Å². The van der Waals surface area contributed by atoms with Crippen molar-refractivity contribution in [1.82, 2.24) is 19.7 Å². The summed E-state index contributed by atoms with van der Waals surface area (Å²) >= 11 is 1.35. The van der Waals surface area contributed by atoms with Gasteiger partial charge in [-0.3, -0.25) is 19.5 Å². The van der Waals surface area contributed by atoms with Crippen molar-refractivity contribution < 1.29 is 4.79 Å². The molecule has 7 nitrogen and oxygen atoms in total. The maximum absolute atomic E-state index is 12.3. The van der Waals surface area contributed by atoms with Crippen molar-refractivity contribution in [3.05, 3.63) is 45.8 Å². The van der Waals surface area contributed by atoms with E-state index in [-0.39, 0.29) is 18.0 Å². The molecule has 1 aromatic carbocycles. The Balaban J connectivity index is 1.77. The zero-order valence-corrected chi connectivity index (χ0v) is 14.2. The quantitative estimate of drug-likeness (QED) is 0.766. The minimum absolute atomic E-state index is 0.0963. The van der Waals surface area contributed by atoms with E-state index >= 15 is 0 Å². The van der Waals surface area contributed by atoms with Gasteiger partial charge in [-0.1, -0.05) is 37.3 Å². The van der Waals surface area contributed by atoms with Gasteiger partial charge < -0.3 is 0 Å². The molecule has 0 fully saturated rings. The van der Waals surface area contributed by atoms with Gasteiger partial charge in [0.1, 0.15) is 11.6 Å². The lowest BCUT2D eigenvalue weighted by molar-refractivity contribution is -0.116. The standard InChI is InChI=1S/C16H17N5O2S/c1-10(2)7-14-19-20-16(24-14)18-13(22)9-21-12-6-4-3-5-11(12)17-8-15(21)23/h3-6,8,10H,7,9H2,1-2H3,(H,18,20,22). The Morgan fingerprint density at radius 1 is 1.29 bits per heavy atom. The molecular formula is C16H17N5O2S. The number of fused-ring (bicyclic) bond motifs is 1. The fourth-order valence-electron chi connectivity index (χ4n) is 2.32. The summed E-state index contributed by atoms with van der Waals surface area (Å²) in [7, 11) is 0. The Morgan fingerprint density at radius 2 is 2.08 bits per heavy atom. The van der Waals surface area contributed by atoms with Gasteiger partial charge in [-0.25, -0.2) is 4.98 Å². The number of nitrogens with one attached hydrogen (secondary N) is 1. The molecule has 24 heavy (non-hydrogen) atoms. The van der Waals surface area contributed by atoms with Crippen LogP contribution in [0.1, 0.15) is 18.9 Å². The van der Waals surface area contributed by atoms with Crippen LogP contribution in [-0.2, 0) is 17.8 Å². The highest BCUT2D eigenvalue weighted by molar-refractivity contribution is 7.15. The summed E-state index contributed by atoms with van der Waals surface area (Å²) in [4.78, 5) is 28.4. The lowest BCUT2D eigenvalue weighted by Gasteiger charge is -2.08.